The van der Waals surface area contributed by atoms with Gasteiger partial charge in [-0.15, -0.1) is 0 Å². The van der Waals surface area contributed by atoms with Gasteiger partial charge in [0, 0.05) is 0 Å². The Labute approximate surface area is 123 Å². The molecule has 112 valence electrons. The van der Waals surface area contributed by atoms with Crippen molar-refractivity contribution in [1.82, 2.24) is 0 Å². The average Bonchev–Trinajstić information content (AvgIpc) is 3.02. The highest BCUT2D eigenvalue weighted by Crippen LogP contribution is 2.05. The SMILES string of the molecule is CC(OCCOCc1ccccc1)OC(=O)c1ccco1. The van der Waals surface area contributed by atoms with Crippen molar-refractivity contribution < 1.29 is 23.4 Å². The summed E-state index contributed by atoms with van der Waals surface area (Å²) in [5.74, 6) is -0.386. The predicted octanol–water partition coefficient (Wildman–Crippen LogP) is 3.02. The lowest BCUT2D eigenvalue weighted by Gasteiger charge is -2.13. The van der Waals surface area contributed by atoms with Gasteiger partial charge in [0.25, 0.3) is 0 Å². The molecule has 0 aliphatic heterocycles. The highest BCUT2D eigenvalue weighted by molar-refractivity contribution is 5.86. The molecule has 5 nitrogen and oxygen atoms in total. The summed E-state index contributed by atoms with van der Waals surface area (Å²) < 4.78 is 20.8. The highest BCUT2D eigenvalue weighted by Gasteiger charge is 2.14. The van der Waals surface area contributed by atoms with Gasteiger partial charge in [0.15, 0.2) is 0 Å². The molecular weight excluding hydrogens is 272 g/mol. The molecular formula is C16H18O5. The number of esters is 1. The molecule has 2 aromatic rings. The van der Waals surface area contributed by atoms with Crippen LogP contribution in [0.15, 0.2) is 53.1 Å². The van der Waals surface area contributed by atoms with Crippen LogP contribution in [0.1, 0.15) is 23.0 Å². The maximum Gasteiger partial charge on any atom is 0.376 e. The van der Waals surface area contributed by atoms with E-state index in [1.54, 1.807) is 13.0 Å². The normalized spacial score (nSPS) is 12.0. The Kier molecular flexibility index (Phi) is 5.99. The van der Waals surface area contributed by atoms with Crippen LogP contribution in [-0.4, -0.2) is 25.5 Å². The van der Waals surface area contributed by atoms with Crippen LogP contribution in [0.5, 0.6) is 0 Å². The van der Waals surface area contributed by atoms with E-state index < -0.39 is 12.3 Å². The molecule has 0 aliphatic rings. The molecule has 1 aromatic heterocycles. The third-order valence-electron chi connectivity index (χ3n) is 2.69. The Morgan fingerprint density at radius 2 is 1.95 bits per heavy atom. The standard InChI is InChI=1S/C16H18O5/c1-13(21-16(17)15-8-5-9-20-15)19-11-10-18-12-14-6-3-2-4-7-14/h2-9,13H,10-12H2,1H3. The van der Waals surface area contributed by atoms with Gasteiger partial charge >= 0.3 is 5.97 Å². The van der Waals surface area contributed by atoms with Gasteiger partial charge in [-0.25, -0.2) is 4.79 Å². The molecule has 1 atom stereocenters. The Morgan fingerprint density at radius 3 is 2.67 bits per heavy atom. The quantitative estimate of drug-likeness (QED) is 0.425. The zero-order valence-corrected chi connectivity index (χ0v) is 11.9. The first-order chi connectivity index (χ1) is 10.3. The van der Waals surface area contributed by atoms with Gasteiger partial charge in [0.05, 0.1) is 26.1 Å². The van der Waals surface area contributed by atoms with E-state index in [2.05, 4.69) is 0 Å². The first kappa shape index (κ1) is 15.3. The second-order valence-corrected chi connectivity index (χ2v) is 4.36. The van der Waals surface area contributed by atoms with Crippen molar-refractivity contribution in [3.05, 3.63) is 60.1 Å². The molecule has 1 aromatic carbocycles. The fraction of sp³-hybridized carbons (Fsp3) is 0.312. The van der Waals surface area contributed by atoms with Crippen molar-refractivity contribution in [2.75, 3.05) is 13.2 Å². The zero-order chi connectivity index (χ0) is 14.9. The van der Waals surface area contributed by atoms with E-state index >= 15 is 0 Å². The lowest BCUT2D eigenvalue weighted by atomic mass is 10.2. The molecule has 0 saturated carbocycles. The van der Waals surface area contributed by atoms with Gasteiger partial charge in [-0.05, 0) is 24.6 Å². The van der Waals surface area contributed by atoms with Crippen molar-refractivity contribution in [3.63, 3.8) is 0 Å². The number of hydrogen-bond donors (Lipinski definition) is 0. The van der Waals surface area contributed by atoms with E-state index in [0.717, 1.165) is 5.56 Å². The lowest BCUT2D eigenvalue weighted by molar-refractivity contribution is -0.111. The summed E-state index contributed by atoms with van der Waals surface area (Å²) in [5, 5.41) is 0. The minimum Gasteiger partial charge on any atom is -0.457 e. The molecule has 5 heteroatoms. The molecule has 0 fully saturated rings. The summed E-state index contributed by atoms with van der Waals surface area (Å²) in [5.41, 5.74) is 1.11. The summed E-state index contributed by atoms with van der Waals surface area (Å²) in [7, 11) is 0. The number of carbonyl (C=O) groups is 1. The van der Waals surface area contributed by atoms with E-state index in [1.165, 1.54) is 12.3 Å². The van der Waals surface area contributed by atoms with Crippen LogP contribution >= 0.6 is 0 Å². The summed E-state index contributed by atoms with van der Waals surface area (Å²) in [6.07, 6.45) is 0.766. The highest BCUT2D eigenvalue weighted by atomic mass is 16.7. The molecule has 0 saturated heterocycles. The third kappa shape index (κ3) is 5.41. The maximum absolute atomic E-state index is 11.6. The van der Waals surface area contributed by atoms with Gasteiger partial charge < -0.3 is 18.6 Å². The topological polar surface area (TPSA) is 57.9 Å². The Morgan fingerprint density at radius 1 is 1.14 bits per heavy atom. The van der Waals surface area contributed by atoms with Crippen molar-refractivity contribution >= 4 is 5.97 Å². The van der Waals surface area contributed by atoms with Gasteiger partial charge in [0.2, 0.25) is 12.1 Å². The predicted molar refractivity (Wildman–Crippen MR) is 75.6 cm³/mol. The number of benzene rings is 1. The van der Waals surface area contributed by atoms with E-state index in [1.807, 2.05) is 30.3 Å². The molecule has 1 unspecified atom stereocenters. The van der Waals surface area contributed by atoms with Crippen molar-refractivity contribution in [2.24, 2.45) is 0 Å². The summed E-state index contributed by atoms with van der Waals surface area (Å²) in [6, 6.07) is 13.0. The number of furan rings is 1. The molecule has 0 amide bonds. The Hall–Kier alpha value is -2.11. The van der Waals surface area contributed by atoms with Crippen LogP contribution in [0.2, 0.25) is 0 Å². The second-order valence-electron chi connectivity index (χ2n) is 4.36. The van der Waals surface area contributed by atoms with Crippen molar-refractivity contribution in [1.29, 1.82) is 0 Å². The van der Waals surface area contributed by atoms with Gasteiger partial charge in [0.1, 0.15) is 0 Å². The monoisotopic (exact) mass is 290 g/mol. The summed E-state index contributed by atoms with van der Waals surface area (Å²) in [4.78, 5) is 11.6. The first-order valence-electron chi connectivity index (χ1n) is 6.73. The number of ether oxygens (including phenoxy) is 3. The molecule has 2 rings (SSSR count). The molecule has 0 spiro atoms. The van der Waals surface area contributed by atoms with E-state index in [0.29, 0.717) is 19.8 Å². The molecule has 0 radical (unpaired) electrons. The summed E-state index contributed by atoms with van der Waals surface area (Å²) >= 11 is 0. The van der Waals surface area contributed by atoms with Crippen LogP contribution in [0.4, 0.5) is 0 Å². The molecule has 21 heavy (non-hydrogen) atoms. The lowest BCUT2D eigenvalue weighted by Crippen LogP contribution is -2.20. The van der Waals surface area contributed by atoms with E-state index in [-0.39, 0.29) is 5.76 Å². The van der Waals surface area contributed by atoms with Gasteiger partial charge in [-0.2, -0.15) is 0 Å². The van der Waals surface area contributed by atoms with Crippen molar-refractivity contribution in [2.45, 2.75) is 19.8 Å². The van der Waals surface area contributed by atoms with Crippen LogP contribution in [0, 0.1) is 0 Å². The number of carbonyl (C=O) groups excluding carboxylic acids is 1. The molecule has 0 aliphatic carbocycles. The Balaban J connectivity index is 1.57. The zero-order valence-electron chi connectivity index (χ0n) is 11.9. The van der Waals surface area contributed by atoms with Crippen LogP contribution in [0.25, 0.3) is 0 Å². The number of hydrogen-bond acceptors (Lipinski definition) is 5. The van der Waals surface area contributed by atoms with Crippen LogP contribution in [0.3, 0.4) is 0 Å². The maximum atomic E-state index is 11.6. The minimum atomic E-state index is -0.650. The smallest absolute Gasteiger partial charge is 0.376 e. The van der Waals surface area contributed by atoms with Crippen LogP contribution < -0.4 is 0 Å². The number of rotatable bonds is 8. The van der Waals surface area contributed by atoms with E-state index in [4.69, 9.17) is 18.6 Å². The average molecular weight is 290 g/mol. The summed E-state index contributed by atoms with van der Waals surface area (Å²) in [6.45, 7) is 2.96. The molecule has 0 bridgehead atoms. The van der Waals surface area contributed by atoms with Crippen molar-refractivity contribution in [3.8, 4) is 0 Å². The molecule has 1 heterocycles. The van der Waals surface area contributed by atoms with Crippen LogP contribution in [-0.2, 0) is 20.8 Å². The molecule has 0 N–H and O–H groups in total. The second kappa shape index (κ2) is 8.24. The largest absolute Gasteiger partial charge is 0.457 e. The van der Waals surface area contributed by atoms with E-state index in [9.17, 15) is 4.79 Å². The third-order valence-corrected chi connectivity index (χ3v) is 2.69. The Bertz CT molecular complexity index is 521. The minimum absolute atomic E-state index is 0.158. The fourth-order valence-electron chi connectivity index (χ4n) is 1.67. The van der Waals surface area contributed by atoms with Gasteiger partial charge in [-0.3, -0.25) is 0 Å². The van der Waals surface area contributed by atoms with Gasteiger partial charge in [-0.1, -0.05) is 30.3 Å². The first-order valence-corrected chi connectivity index (χ1v) is 6.73. The fourth-order valence-corrected chi connectivity index (χ4v) is 1.67.